The molecule has 2 heterocycles. The van der Waals surface area contributed by atoms with Gasteiger partial charge in [0.15, 0.2) is 5.82 Å². The number of amides is 3. The molecule has 1 aliphatic heterocycles. The first-order chi connectivity index (χ1) is 12.5. The van der Waals surface area contributed by atoms with Gasteiger partial charge in [-0.3, -0.25) is 14.4 Å². The van der Waals surface area contributed by atoms with Crippen LogP contribution in [-0.4, -0.2) is 45.9 Å². The van der Waals surface area contributed by atoms with Crippen LogP contribution in [0.15, 0.2) is 4.52 Å². The van der Waals surface area contributed by atoms with E-state index in [1.54, 1.807) is 0 Å². The summed E-state index contributed by atoms with van der Waals surface area (Å²) in [6.07, 6.45) is 7.02. The van der Waals surface area contributed by atoms with E-state index >= 15 is 0 Å². The van der Waals surface area contributed by atoms with Crippen molar-refractivity contribution in [3.8, 4) is 0 Å². The number of nitrogens with two attached hydrogens (primary N) is 1. The molecule has 9 heteroatoms. The average Bonchev–Trinajstić information content (AvgIpc) is 3.12. The molecular formula is C17H25N5O4. The molecule has 1 saturated heterocycles. The minimum absolute atomic E-state index is 0.0582. The molecule has 1 atom stereocenters. The first-order valence-corrected chi connectivity index (χ1v) is 9.21. The van der Waals surface area contributed by atoms with Crippen LogP contribution in [0.5, 0.6) is 0 Å². The molecule has 1 aromatic rings. The number of aromatic nitrogens is 2. The van der Waals surface area contributed by atoms with Gasteiger partial charge in [-0.1, -0.05) is 24.4 Å². The van der Waals surface area contributed by atoms with Crippen molar-refractivity contribution in [2.75, 3.05) is 13.1 Å². The molecule has 0 bridgehead atoms. The van der Waals surface area contributed by atoms with Crippen LogP contribution in [0, 0.1) is 11.8 Å². The van der Waals surface area contributed by atoms with Gasteiger partial charge in [0.25, 0.3) is 0 Å². The van der Waals surface area contributed by atoms with Gasteiger partial charge in [0.05, 0.1) is 12.5 Å². The molecule has 0 spiro atoms. The Balaban J connectivity index is 1.50. The molecule has 3 rings (SSSR count). The Labute approximate surface area is 151 Å². The molecule has 1 saturated carbocycles. The molecule has 2 aliphatic rings. The summed E-state index contributed by atoms with van der Waals surface area (Å²) in [4.78, 5) is 41.2. The fraction of sp³-hybridized carbons (Fsp3) is 0.706. The van der Waals surface area contributed by atoms with E-state index in [4.69, 9.17) is 5.73 Å². The molecule has 9 nitrogen and oxygen atoms in total. The van der Waals surface area contributed by atoms with Crippen molar-refractivity contribution in [3.63, 3.8) is 0 Å². The van der Waals surface area contributed by atoms with Crippen molar-refractivity contribution < 1.29 is 18.9 Å². The Morgan fingerprint density at radius 2 is 2.00 bits per heavy atom. The Hall–Kier alpha value is -2.45. The minimum atomic E-state index is -0.806. The van der Waals surface area contributed by atoms with Crippen LogP contribution >= 0.6 is 0 Å². The lowest BCUT2D eigenvalue weighted by molar-refractivity contribution is -0.139. The Morgan fingerprint density at radius 3 is 2.69 bits per heavy atom. The van der Waals surface area contributed by atoms with E-state index < -0.39 is 5.91 Å². The highest BCUT2D eigenvalue weighted by Crippen LogP contribution is 2.27. The number of likely N-dealkylation sites (tertiary alicyclic amines) is 1. The van der Waals surface area contributed by atoms with Gasteiger partial charge in [-0.15, -0.1) is 0 Å². The van der Waals surface area contributed by atoms with Gasteiger partial charge in [-0.05, 0) is 25.2 Å². The maximum absolute atomic E-state index is 12.4. The lowest BCUT2D eigenvalue weighted by Gasteiger charge is -2.35. The van der Waals surface area contributed by atoms with Gasteiger partial charge in [0, 0.05) is 19.5 Å². The number of carbonyl (C=O) groups is 3. The lowest BCUT2D eigenvalue weighted by atomic mass is 9.87. The summed E-state index contributed by atoms with van der Waals surface area (Å²) in [5.74, 6) is -0.575. The van der Waals surface area contributed by atoms with Gasteiger partial charge in [0.2, 0.25) is 11.8 Å². The number of piperidine rings is 1. The normalized spacial score (nSPS) is 21.6. The van der Waals surface area contributed by atoms with Gasteiger partial charge in [0.1, 0.15) is 0 Å². The molecule has 1 aromatic heterocycles. The molecule has 3 amide bonds. The second kappa shape index (κ2) is 8.29. The standard InChI is InChI=1S/C17H25N5O4/c18-15(24)17-20-13(21-26-17)8-19-16(25)12-6-7-14(23)22(10-12)9-11-4-2-1-3-5-11/h11-12H,1-10H2,(H2,18,24)(H,19,25). The number of nitrogens with one attached hydrogen (secondary N) is 1. The molecule has 26 heavy (non-hydrogen) atoms. The van der Waals surface area contributed by atoms with E-state index in [0.717, 1.165) is 6.54 Å². The van der Waals surface area contributed by atoms with Crippen LogP contribution in [0.4, 0.5) is 0 Å². The maximum Gasteiger partial charge on any atom is 0.315 e. The number of hydrogen-bond donors (Lipinski definition) is 2. The van der Waals surface area contributed by atoms with E-state index in [-0.39, 0.29) is 36.0 Å². The summed E-state index contributed by atoms with van der Waals surface area (Å²) in [6, 6.07) is 0. The smallest absolute Gasteiger partial charge is 0.315 e. The van der Waals surface area contributed by atoms with Crippen molar-refractivity contribution in [1.82, 2.24) is 20.4 Å². The van der Waals surface area contributed by atoms with Gasteiger partial charge in [-0.2, -0.15) is 4.98 Å². The highest BCUT2D eigenvalue weighted by molar-refractivity contribution is 5.87. The van der Waals surface area contributed by atoms with E-state index in [9.17, 15) is 14.4 Å². The van der Waals surface area contributed by atoms with Crippen molar-refractivity contribution in [2.45, 2.75) is 51.5 Å². The fourth-order valence-corrected chi connectivity index (χ4v) is 3.72. The van der Waals surface area contributed by atoms with Crippen LogP contribution in [-0.2, 0) is 16.1 Å². The SMILES string of the molecule is NC(=O)c1nc(CNC(=O)C2CCC(=O)N(CC3CCCCC3)C2)no1. The summed E-state index contributed by atoms with van der Waals surface area (Å²) >= 11 is 0. The van der Waals surface area contributed by atoms with Crippen molar-refractivity contribution in [3.05, 3.63) is 11.7 Å². The molecule has 3 N–H and O–H groups in total. The van der Waals surface area contributed by atoms with Crippen LogP contribution in [0.3, 0.4) is 0 Å². The van der Waals surface area contributed by atoms with E-state index in [1.807, 2.05) is 4.90 Å². The zero-order valence-electron chi connectivity index (χ0n) is 14.8. The number of carbonyl (C=O) groups excluding carboxylic acids is 3. The summed E-state index contributed by atoms with van der Waals surface area (Å²) in [7, 11) is 0. The van der Waals surface area contributed by atoms with E-state index in [1.165, 1.54) is 32.1 Å². The molecule has 1 aliphatic carbocycles. The predicted molar refractivity (Wildman–Crippen MR) is 90.5 cm³/mol. The number of nitrogens with zero attached hydrogens (tertiary/aromatic N) is 3. The second-order valence-electron chi connectivity index (χ2n) is 7.14. The van der Waals surface area contributed by atoms with Gasteiger partial charge >= 0.3 is 11.8 Å². The molecule has 0 aromatic carbocycles. The topological polar surface area (TPSA) is 131 Å². The first kappa shape index (κ1) is 18.3. The monoisotopic (exact) mass is 363 g/mol. The van der Waals surface area contributed by atoms with Crippen LogP contribution in [0.1, 0.15) is 61.5 Å². The zero-order chi connectivity index (χ0) is 18.5. The third kappa shape index (κ3) is 4.59. The zero-order valence-corrected chi connectivity index (χ0v) is 14.8. The molecule has 2 fully saturated rings. The quantitative estimate of drug-likeness (QED) is 0.761. The van der Waals surface area contributed by atoms with Crippen molar-refractivity contribution >= 4 is 17.7 Å². The number of primary amides is 1. The highest BCUT2D eigenvalue weighted by Gasteiger charge is 2.31. The third-order valence-electron chi connectivity index (χ3n) is 5.17. The number of rotatable bonds is 6. The fourth-order valence-electron chi connectivity index (χ4n) is 3.72. The Bertz CT molecular complexity index is 668. The Kier molecular flexibility index (Phi) is 5.85. The average molecular weight is 363 g/mol. The minimum Gasteiger partial charge on any atom is -0.361 e. The predicted octanol–water partition coefficient (Wildman–Crippen LogP) is 0.604. The highest BCUT2D eigenvalue weighted by atomic mass is 16.5. The maximum atomic E-state index is 12.4. The summed E-state index contributed by atoms with van der Waals surface area (Å²) < 4.78 is 4.68. The number of hydrogen-bond acceptors (Lipinski definition) is 6. The summed E-state index contributed by atoms with van der Waals surface area (Å²) in [5, 5.41) is 6.34. The van der Waals surface area contributed by atoms with Gasteiger partial charge in [-0.25, -0.2) is 0 Å². The molecule has 142 valence electrons. The van der Waals surface area contributed by atoms with E-state index in [2.05, 4.69) is 20.0 Å². The largest absolute Gasteiger partial charge is 0.361 e. The van der Waals surface area contributed by atoms with Crippen LogP contribution in [0.25, 0.3) is 0 Å². The van der Waals surface area contributed by atoms with Crippen molar-refractivity contribution in [1.29, 1.82) is 0 Å². The molecule has 1 unspecified atom stereocenters. The summed E-state index contributed by atoms with van der Waals surface area (Å²) in [6.45, 7) is 1.28. The first-order valence-electron chi connectivity index (χ1n) is 9.21. The van der Waals surface area contributed by atoms with Crippen LogP contribution in [0.2, 0.25) is 0 Å². The van der Waals surface area contributed by atoms with Crippen molar-refractivity contribution in [2.24, 2.45) is 17.6 Å². The van der Waals surface area contributed by atoms with Crippen LogP contribution < -0.4 is 11.1 Å². The summed E-state index contributed by atoms with van der Waals surface area (Å²) in [5.41, 5.74) is 5.05. The van der Waals surface area contributed by atoms with E-state index in [0.29, 0.717) is 25.3 Å². The lowest BCUT2D eigenvalue weighted by Crippen LogP contribution is -2.47. The molecule has 0 radical (unpaired) electrons. The van der Waals surface area contributed by atoms with Gasteiger partial charge < -0.3 is 20.5 Å². The second-order valence-corrected chi connectivity index (χ2v) is 7.14. The third-order valence-corrected chi connectivity index (χ3v) is 5.17. The molecular weight excluding hydrogens is 338 g/mol. The Morgan fingerprint density at radius 1 is 1.23 bits per heavy atom.